The van der Waals surface area contributed by atoms with Gasteiger partial charge >= 0.3 is 0 Å². The van der Waals surface area contributed by atoms with Gasteiger partial charge in [0, 0.05) is 19.1 Å². The minimum atomic E-state index is -0.313. The Labute approximate surface area is 141 Å². The van der Waals surface area contributed by atoms with Crippen LogP contribution in [-0.4, -0.2) is 32.1 Å². The van der Waals surface area contributed by atoms with Crippen LogP contribution in [0.15, 0.2) is 60.7 Å². The molecule has 2 heteroatoms. The van der Waals surface area contributed by atoms with E-state index in [1.807, 2.05) is 13.8 Å². The number of hydrogen-bond donors (Lipinski definition) is 0. The van der Waals surface area contributed by atoms with Crippen molar-refractivity contribution in [3.8, 4) is 0 Å². The highest BCUT2D eigenvalue weighted by molar-refractivity contribution is 5.38. The first-order valence-corrected chi connectivity index (χ1v) is 8.63. The summed E-state index contributed by atoms with van der Waals surface area (Å²) in [5, 5.41) is 0. The molecule has 0 aromatic heterocycles. The van der Waals surface area contributed by atoms with E-state index >= 15 is 0 Å². The van der Waals surface area contributed by atoms with Gasteiger partial charge in [-0.15, -0.1) is 0 Å². The van der Waals surface area contributed by atoms with Crippen molar-refractivity contribution in [2.45, 2.75) is 25.9 Å². The molecule has 0 aliphatic carbocycles. The highest BCUT2D eigenvalue weighted by atomic mass is 16.5. The molecule has 2 nitrogen and oxygen atoms in total. The predicted molar refractivity (Wildman–Crippen MR) is 97.6 cm³/mol. The highest BCUT2D eigenvalue weighted by Crippen LogP contribution is 2.46. The van der Waals surface area contributed by atoms with E-state index in [0.29, 0.717) is 5.92 Å². The Kier molecular flexibility index (Phi) is 6.37. The second kappa shape index (κ2) is 8.28. The monoisotopic (exact) mass is 311 g/mol. The molecule has 0 amide bonds. The zero-order chi connectivity index (χ0) is 16.7. The number of rotatable bonds is 4. The molecule has 0 saturated carbocycles. The molecule has 1 heterocycles. The summed E-state index contributed by atoms with van der Waals surface area (Å²) in [6.45, 7) is 5.85. The van der Waals surface area contributed by atoms with Crippen LogP contribution in [-0.2, 0) is 10.3 Å². The average molecular weight is 311 g/mol. The number of hydrogen-bond acceptors (Lipinski definition) is 2. The van der Waals surface area contributed by atoms with Crippen molar-refractivity contribution < 1.29 is 4.74 Å². The van der Waals surface area contributed by atoms with Crippen LogP contribution < -0.4 is 0 Å². The van der Waals surface area contributed by atoms with Crippen LogP contribution in [0.2, 0.25) is 0 Å². The molecule has 1 atom stereocenters. The molecule has 23 heavy (non-hydrogen) atoms. The highest BCUT2D eigenvalue weighted by Gasteiger charge is 2.47. The standard InChI is InChI=1S/C19H23NO.C2H6/c1-20(2)15-18-13-14-21-19(18,16-9-5-3-6-10-16)17-11-7-4-8-12-17;1-2/h3-12,18H,13-15H2,1-2H3;1-2H3. The lowest BCUT2D eigenvalue weighted by molar-refractivity contribution is 0.00438. The summed E-state index contributed by atoms with van der Waals surface area (Å²) in [6, 6.07) is 21.3. The van der Waals surface area contributed by atoms with E-state index < -0.39 is 0 Å². The van der Waals surface area contributed by atoms with Crippen LogP contribution in [0.4, 0.5) is 0 Å². The second-order valence-corrected chi connectivity index (χ2v) is 6.06. The van der Waals surface area contributed by atoms with Gasteiger partial charge in [-0.1, -0.05) is 74.5 Å². The van der Waals surface area contributed by atoms with Crippen molar-refractivity contribution >= 4 is 0 Å². The molecule has 1 aliphatic heterocycles. The maximum absolute atomic E-state index is 6.40. The maximum Gasteiger partial charge on any atom is 0.122 e. The lowest BCUT2D eigenvalue weighted by Gasteiger charge is -2.37. The molecule has 1 saturated heterocycles. The first kappa shape index (κ1) is 17.7. The van der Waals surface area contributed by atoms with Crippen molar-refractivity contribution in [3.05, 3.63) is 71.8 Å². The van der Waals surface area contributed by atoms with E-state index in [1.54, 1.807) is 0 Å². The van der Waals surface area contributed by atoms with Crippen LogP contribution in [0.25, 0.3) is 0 Å². The van der Waals surface area contributed by atoms with Gasteiger partial charge in [0.2, 0.25) is 0 Å². The van der Waals surface area contributed by atoms with Gasteiger partial charge in [-0.25, -0.2) is 0 Å². The molecular weight excluding hydrogens is 282 g/mol. The van der Waals surface area contributed by atoms with Gasteiger partial charge in [-0.2, -0.15) is 0 Å². The van der Waals surface area contributed by atoms with Gasteiger partial charge in [-0.3, -0.25) is 0 Å². The quantitative estimate of drug-likeness (QED) is 0.821. The van der Waals surface area contributed by atoms with Gasteiger partial charge in [0.25, 0.3) is 0 Å². The molecule has 0 bridgehead atoms. The third-order valence-electron chi connectivity index (χ3n) is 4.36. The number of nitrogens with zero attached hydrogens (tertiary/aromatic N) is 1. The van der Waals surface area contributed by atoms with Crippen LogP contribution >= 0.6 is 0 Å². The fourth-order valence-electron chi connectivity index (χ4n) is 3.52. The van der Waals surface area contributed by atoms with E-state index in [-0.39, 0.29) is 5.60 Å². The summed E-state index contributed by atoms with van der Waals surface area (Å²) in [7, 11) is 4.28. The zero-order valence-corrected chi connectivity index (χ0v) is 14.8. The Morgan fingerprint density at radius 1 is 0.913 bits per heavy atom. The van der Waals surface area contributed by atoms with Crippen LogP contribution in [0.5, 0.6) is 0 Å². The van der Waals surface area contributed by atoms with Crippen molar-refractivity contribution in [1.82, 2.24) is 4.90 Å². The molecule has 0 radical (unpaired) electrons. The molecule has 0 spiro atoms. The number of ether oxygens (including phenoxy) is 1. The summed E-state index contributed by atoms with van der Waals surface area (Å²) < 4.78 is 6.40. The third kappa shape index (κ3) is 3.65. The first-order valence-electron chi connectivity index (χ1n) is 8.63. The Hall–Kier alpha value is -1.64. The second-order valence-electron chi connectivity index (χ2n) is 6.06. The van der Waals surface area contributed by atoms with Gasteiger partial charge in [0.05, 0.1) is 0 Å². The molecule has 3 rings (SSSR count). The zero-order valence-electron chi connectivity index (χ0n) is 14.8. The molecule has 124 valence electrons. The number of benzene rings is 2. The lowest BCUT2D eigenvalue weighted by Crippen LogP contribution is -2.39. The van der Waals surface area contributed by atoms with E-state index in [4.69, 9.17) is 4.74 Å². The molecule has 1 aliphatic rings. The summed E-state index contributed by atoms with van der Waals surface area (Å²) >= 11 is 0. The molecule has 1 unspecified atom stereocenters. The normalized spacial score (nSPS) is 19.3. The van der Waals surface area contributed by atoms with Crippen molar-refractivity contribution in [2.75, 3.05) is 27.2 Å². The minimum Gasteiger partial charge on any atom is -0.365 e. The molecule has 2 aromatic rings. The van der Waals surface area contributed by atoms with Gasteiger partial charge in [0.15, 0.2) is 0 Å². The maximum atomic E-state index is 6.40. The van der Waals surface area contributed by atoms with Crippen molar-refractivity contribution in [3.63, 3.8) is 0 Å². The van der Waals surface area contributed by atoms with Crippen LogP contribution in [0.3, 0.4) is 0 Å². The van der Waals surface area contributed by atoms with Gasteiger partial charge < -0.3 is 9.64 Å². The lowest BCUT2D eigenvalue weighted by atomic mass is 9.76. The summed E-state index contributed by atoms with van der Waals surface area (Å²) in [5.74, 6) is 0.470. The summed E-state index contributed by atoms with van der Waals surface area (Å²) in [6.07, 6.45) is 1.10. The Bertz CT molecular complexity index is 525. The van der Waals surface area contributed by atoms with Crippen LogP contribution in [0.1, 0.15) is 31.4 Å². The smallest absolute Gasteiger partial charge is 0.122 e. The summed E-state index contributed by atoms with van der Waals surface area (Å²) in [5.41, 5.74) is 2.22. The largest absolute Gasteiger partial charge is 0.365 e. The van der Waals surface area contributed by atoms with E-state index in [2.05, 4.69) is 79.7 Å². The van der Waals surface area contributed by atoms with Gasteiger partial charge in [0.1, 0.15) is 5.60 Å². The average Bonchev–Trinajstić information content (AvgIpc) is 3.02. The Balaban J connectivity index is 0.000000924. The predicted octanol–water partition coefficient (Wildman–Crippen LogP) is 4.55. The van der Waals surface area contributed by atoms with Crippen molar-refractivity contribution in [2.24, 2.45) is 5.92 Å². The molecular formula is C21H29NO. The Morgan fingerprint density at radius 2 is 1.39 bits per heavy atom. The van der Waals surface area contributed by atoms with Crippen LogP contribution in [0, 0.1) is 5.92 Å². The van der Waals surface area contributed by atoms with Crippen molar-refractivity contribution in [1.29, 1.82) is 0 Å². The van der Waals surface area contributed by atoms with E-state index in [1.165, 1.54) is 11.1 Å². The SMILES string of the molecule is CC.CN(C)CC1CCOC1(c1ccccc1)c1ccccc1. The van der Waals surface area contributed by atoms with E-state index in [9.17, 15) is 0 Å². The molecule has 1 fully saturated rings. The molecule has 2 aromatic carbocycles. The molecule has 0 N–H and O–H groups in total. The summed E-state index contributed by atoms with van der Waals surface area (Å²) in [4.78, 5) is 2.26. The fraction of sp³-hybridized carbons (Fsp3) is 0.429. The third-order valence-corrected chi connectivity index (χ3v) is 4.36. The minimum absolute atomic E-state index is 0.313. The van der Waals surface area contributed by atoms with E-state index in [0.717, 1.165) is 19.6 Å². The topological polar surface area (TPSA) is 12.5 Å². The Morgan fingerprint density at radius 3 is 1.83 bits per heavy atom. The fourth-order valence-corrected chi connectivity index (χ4v) is 3.52. The first-order chi connectivity index (χ1) is 11.2. The van der Waals surface area contributed by atoms with Gasteiger partial charge in [-0.05, 0) is 31.6 Å².